The minimum Gasteiger partial charge on any atom is -0.271 e. The number of aromatic nitrogens is 1. The zero-order valence-electron chi connectivity index (χ0n) is 9.67. The first-order valence-electron chi connectivity index (χ1n) is 5.77. The van der Waals surface area contributed by atoms with Crippen molar-refractivity contribution < 1.29 is 0 Å². The minimum atomic E-state index is 0.284. The van der Waals surface area contributed by atoms with E-state index in [0.29, 0.717) is 0 Å². The van der Waals surface area contributed by atoms with Crippen LogP contribution in [0.15, 0.2) is 41.9 Å². The van der Waals surface area contributed by atoms with Crippen molar-refractivity contribution in [2.75, 3.05) is 0 Å². The van der Waals surface area contributed by atoms with Gasteiger partial charge in [-0.15, -0.1) is 11.3 Å². The molecule has 0 aliphatic heterocycles. The second-order valence-electron chi connectivity index (χ2n) is 4.01. The third kappa shape index (κ3) is 3.93. The maximum Gasteiger partial charge on any atom is 0.0419 e. The van der Waals surface area contributed by atoms with Gasteiger partial charge in [-0.05, 0) is 36.4 Å². The van der Waals surface area contributed by atoms with Gasteiger partial charge in [0, 0.05) is 29.2 Å². The molecule has 0 saturated heterocycles. The number of hydrogen-bond donors (Lipinski definition) is 2. The van der Waals surface area contributed by atoms with Crippen molar-refractivity contribution in [3.8, 4) is 0 Å². The third-order valence-electron chi connectivity index (χ3n) is 2.74. The van der Waals surface area contributed by atoms with Crippen LogP contribution in [0.1, 0.15) is 17.0 Å². The van der Waals surface area contributed by atoms with Crippen molar-refractivity contribution in [3.63, 3.8) is 0 Å². The summed E-state index contributed by atoms with van der Waals surface area (Å²) >= 11 is 1.80. The molecule has 0 amide bonds. The predicted molar refractivity (Wildman–Crippen MR) is 71.7 cm³/mol. The molecule has 3 N–H and O–H groups in total. The van der Waals surface area contributed by atoms with Gasteiger partial charge in [0.05, 0.1) is 0 Å². The van der Waals surface area contributed by atoms with Crippen LogP contribution in [-0.2, 0) is 12.8 Å². The third-order valence-corrected chi connectivity index (χ3v) is 3.67. The molecule has 2 heterocycles. The van der Waals surface area contributed by atoms with Crippen LogP contribution in [0.3, 0.4) is 0 Å². The molecule has 3 nitrogen and oxygen atoms in total. The van der Waals surface area contributed by atoms with Gasteiger partial charge < -0.3 is 0 Å². The standard InChI is InChI=1S/C13H17N3S/c14-16-12(6-7-13-5-3-9-17-13)10-11-4-1-2-8-15-11/h1-5,8-9,12,16H,6-7,10,14H2. The molecule has 1 atom stereocenters. The maximum absolute atomic E-state index is 5.59. The van der Waals surface area contributed by atoms with Gasteiger partial charge >= 0.3 is 0 Å². The number of rotatable bonds is 6. The lowest BCUT2D eigenvalue weighted by Gasteiger charge is -2.14. The van der Waals surface area contributed by atoms with Crippen molar-refractivity contribution in [2.45, 2.75) is 25.3 Å². The average molecular weight is 247 g/mol. The van der Waals surface area contributed by atoms with Gasteiger partial charge in [0.1, 0.15) is 0 Å². The van der Waals surface area contributed by atoms with E-state index in [9.17, 15) is 0 Å². The highest BCUT2D eigenvalue weighted by Crippen LogP contribution is 2.13. The van der Waals surface area contributed by atoms with E-state index in [0.717, 1.165) is 25.0 Å². The van der Waals surface area contributed by atoms with E-state index in [4.69, 9.17) is 5.84 Å². The fraction of sp³-hybridized carbons (Fsp3) is 0.308. The lowest BCUT2D eigenvalue weighted by Crippen LogP contribution is -2.37. The number of nitrogens with zero attached hydrogens (tertiary/aromatic N) is 1. The first kappa shape index (κ1) is 12.2. The van der Waals surface area contributed by atoms with Crippen molar-refractivity contribution in [2.24, 2.45) is 5.84 Å². The van der Waals surface area contributed by atoms with E-state index in [1.54, 1.807) is 11.3 Å². The Labute approximate surface area is 106 Å². The molecule has 0 aliphatic carbocycles. The lowest BCUT2D eigenvalue weighted by atomic mass is 10.1. The Kier molecular flexibility index (Phi) is 4.67. The zero-order valence-corrected chi connectivity index (χ0v) is 10.5. The van der Waals surface area contributed by atoms with Crippen LogP contribution in [-0.4, -0.2) is 11.0 Å². The van der Waals surface area contributed by atoms with E-state index in [2.05, 4.69) is 27.9 Å². The molecular weight excluding hydrogens is 230 g/mol. The molecule has 2 aromatic rings. The smallest absolute Gasteiger partial charge is 0.0419 e. The highest BCUT2D eigenvalue weighted by Gasteiger charge is 2.08. The van der Waals surface area contributed by atoms with Crippen molar-refractivity contribution >= 4 is 11.3 Å². The summed E-state index contributed by atoms with van der Waals surface area (Å²) in [6.07, 6.45) is 4.80. The molecule has 2 aromatic heterocycles. The van der Waals surface area contributed by atoms with Crippen molar-refractivity contribution in [1.82, 2.24) is 10.4 Å². The number of nitrogens with two attached hydrogens (primary N) is 1. The zero-order chi connectivity index (χ0) is 11.9. The van der Waals surface area contributed by atoms with Crippen LogP contribution in [0, 0.1) is 0 Å². The topological polar surface area (TPSA) is 50.9 Å². The van der Waals surface area contributed by atoms with Crippen LogP contribution < -0.4 is 11.3 Å². The molecule has 1 unspecified atom stereocenters. The summed E-state index contributed by atoms with van der Waals surface area (Å²) in [4.78, 5) is 5.73. The molecule has 17 heavy (non-hydrogen) atoms. The largest absolute Gasteiger partial charge is 0.271 e. The molecule has 0 bridgehead atoms. The Morgan fingerprint density at radius 1 is 1.29 bits per heavy atom. The molecule has 0 aromatic carbocycles. The molecule has 4 heteroatoms. The quantitative estimate of drug-likeness (QED) is 0.607. The van der Waals surface area contributed by atoms with E-state index in [1.165, 1.54) is 4.88 Å². The molecule has 0 aliphatic rings. The van der Waals surface area contributed by atoms with Crippen LogP contribution in [0.5, 0.6) is 0 Å². The van der Waals surface area contributed by atoms with Gasteiger partial charge in [-0.2, -0.15) is 0 Å². The molecule has 0 radical (unpaired) electrons. The van der Waals surface area contributed by atoms with Gasteiger partial charge in [0.2, 0.25) is 0 Å². The average Bonchev–Trinajstić information content (AvgIpc) is 2.89. The highest BCUT2D eigenvalue weighted by molar-refractivity contribution is 7.09. The summed E-state index contributed by atoms with van der Waals surface area (Å²) in [6.45, 7) is 0. The van der Waals surface area contributed by atoms with Crippen molar-refractivity contribution in [3.05, 3.63) is 52.5 Å². The highest BCUT2D eigenvalue weighted by atomic mass is 32.1. The number of pyridine rings is 1. The number of hydrogen-bond acceptors (Lipinski definition) is 4. The summed E-state index contributed by atoms with van der Waals surface area (Å²) < 4.78 is 0. The Balaban J connectivity index is 1.85. The van der Waals surface area contributed by atoms with Gasteiger partial charge in [-0.3, -0.25) is 16.3 Å². The van der Waals surface area contributed by atoms with E-state index in [-0.39, 0.29) is 6.04 Å². The van der Waals surface area contributed by atoms with Gasteiger partial charge in [0.25, 0.3) is 0 Å². The van der Waals surface area contributed by atoms with E-state index in [1.807, 2.05) is 24.4 Å². The van der Waals surface area contributed by atoms with Crippen LogP contribution in [0.4, 0.5) is 0 Å². The first-order valence-corrected chi connectivity index (χ1v) is 6.65. The molecule has 2 rings (SSSR count). The fourth-order valence-corrected chi connectivity index (χ4v) is 2.51. The molecule has 0 fully saturated rings. The lowest BCUT2D eigenvalue weighted by molar-refractivity contribution is 0.488. The molecule has 0 spiro atoms. The summed E-state index contributed by atoms with van der Waals surface area (Å²) in [5, 5.41) is 2.11. The summed E-state index contributed by atoms with van der Waals surface area (Å²) in [5.41, 5.74) is 3.96. The second-order valence-corrected chi connectivity index (χ2v) is 5.04. The first-order chi connectivity index (χ1) is 8.38. The Morgan fingerprint density at radius 2 is 2.24 bits per heavy atom. The molecule has 90 valence electrons. The minimum absolute atomic E-state index is 0.284. The van der Waals surface area contributed by atoms with Gasteiger partial charge in [0.15, 0.2) is 0 Å². The SMILES string of the molecule is NNC(CCc1cccs1)Cc1ccccn1. The number of nitrogens with one attached hydrogen (secondary N) is 1. The van der Waals surface area contributed by atoms with Crippen LogP contribution in [0.2, 0.25) is 0 Å². The monoisotopic (exact) mass is 247 g/mol. The molecular formula is C13H17N3S. The van der Waals surface area contributed by atoms with Crippen LogP contribution >= 0.6 is 11.3 Å². The summed E-state index contributed by atoms with van der Waals surface area (Å²) in [5.74, 6) is 5.59. The van der Waals surface area contributed by atoms with E-state index < -0.39 is 0 Å². The predicted octanol–water partition coefficient (Wildman–Crippen LogP) is 2.15. The normalized spacial score (nSPS) is 12.5. The van der Waals surface area contributed by atoms with Crippen molar-refractivity contribution in [1.29, 1.82) is 0 Å². The number of thiophene rings is 1. The Morgan fingerprint density at radius 3 is 2.88 bits per heavy atom. The summed E-state index contributed by atoms with van der Waals surface area (Å²) in [7, 11) is 0. The maximum atomic E-state index is 5.59. The van der Waals surface area contributed by atoms with Crippen LogP contribution in [0.25, 0.3) is 0 Å². The van der Waals surface area contributed by atoms with Gasteiger partial charge in [-0.25, -0.2) is 0 Å². The Bertz CT molecular complexity index is 413. The fourth-order valence-electron chi connectivity index (χ4n) is 1.79. The molecule has 0 saturated carbocycles. The number of hydrazine groups is 1. The number of aryl methyl sites for hydroxylation is 1. The Hall–Kier alpha value is -1.23. The van der Waals surface area contributed by atoms with Gasteiger partial charge in [-0.1, -0.05) is 12.1 Å². The summed E-state index contributed by atoms with van der Waals surface area (Å²) in [6, 6.07) is 10.5. The van der Waals surface area contributed by atoms with E-state index >= 15 is 0 Å². The second kappa shape index (κ2) is 6.49.